The molecule has 0 aromatic heterocycles. The van der Waals surface area contributed by atoms with Crippen LogP contribution in [0.1, 0.15) is 11.7 Å². The van der Waals surface area contributed by atoms with Gasteiger partial charge < -0.3 is 20.9 Å². The van der Waals surface area contributed by atoms with Gasteiger partial charge in [0.25, 0.3) is 0 Å². The van der Waals surface area contributed by atoms with Crippen LogP contribution in [0.3, 0.4) is 0 Å². The summed E-state index contributed by atoms with van der Waals surface area (Å²) in [5.41, 5.74) is 8.13. The minimum atomic E-state index is -0.577. The van der Waals surface area contributed by atoms with E-state index in [-0.39, 0.29) is 0 Å². The molecule has 0 aliphatic heterocycles. The number of aliphatic hydroxyl groups is 1. The molecule has 1 atom stereocenters. The quantitative estimate of drug-likeness (QED) is 0.720. The Morgan fingerprint density at radius 2 is 1.95 bits per heavy atom. The van der Waals surface area contributed by atoms with Crippen molar-refractivity contribution in [1.29, 1.82) is 0 Å². The summed E-state index contributed by atoms with van der Waals surface area (Å²) < 4.78 is 5.14. The monoisotopic (exact) mass is 258 g/mol. The number of hydrogen-bond donors (Lipinski definition) is 3. The maximum Gasteiger partial charge on any atom is 0.121 e. The van der Waals surface area contributed by atoms with Gasteiger partial charge in [-0.2, -0.15) is 0 Å². The topological polar surface area (TPSA) is 67.5 Å². The fourth-order valence-corrected chi connectivity index (χ4v) is 1.82. The molecular weight excluding hydrogens is 240 g/mol. The van der Waals surface area contributed by atoms with Gasteiger partial charge in [0.15, 0.2) is 0 Å². The van der Waals surface area contributed by atoms with Crippen molar-refractivity contribution in [3.05, 3.63) is 54.1 Å². The molecule has 0 heterocycles. The third-order valence-corrected chi connectivity index (χ3v) is 2.93. The average molecular weight is 258 g/mol. The molecule has 0 aliphatic carbocycles. The van der Waals surface area contributed by atoms with E-state index in [1.807, 2.05) is 36.4 Å². The van der Waals surface area contributed by atoms with Gasteiger partial charge in [-0.3, -0.25) is 0 Å². The maximum atomic E-state index is 10.1. The summed E-state index contributed by atoms with van der Waals surface area (Å²) in [5, 5.41) is 13.2. The van der Waals surface area contributed by atoms with E-state index >= 15 is 0 Å². The third-order valence-electron chi connectivity index (χ3n) is 2.93. The number of ether oxygens (including phenoxy) is 1. The minimum Gasteiger partial charge on any atom is -0.497 e. The first-order valence-corrected chi connectivity index (χ1v) is 6.11. The van der Waals surface area contributed by atoms with E-state index < -0.39 is 6.10 Å². The number of benzene rings is 2. The van der Waals surface area contributed by atoms with Crippen LogP contribution in [0.5, 0.6) is 5.75 Å². The Kier molecular flexibility index (Phi) is 4.26. The zero-order valence-corrected chi connectivity index (χ0v) is 10.8. The van der Waals surface area contributed by atoms with E-state index in [1.165, 1.54) is 0 Å². The van der Waals surface area contributed by atoms with Crippen LogP contribution in [0.2, 0.25) is 0 Å². The first-order chi connectivity index (χ1) is 9.20. The second-order valence-corrected chi connectivity index (χ2v) is 4.26. The Labute approximate surface area is 112 Å². The molecule has 1 unspecified atom stereocenters. The number of nitrogens with one attached hydrogen (secondary N) is 1. The van der Waals surface area contributed by atoms with Crippen LogP contribution in [0.15, 0.2) is 48.5 Å². The lowest BCUT2D eigenvalue weighted by molar-refractivity contribution is 0.191. The standard InChI is InChI=1S/C15H18N2O2/c1-19-12-7-8-13(16)14(9-12)17-10-15(18)11-5-3-2-4-6-11/h2-9,15,17-18H,10,16H2,1H3. The fourth-order valence-electron chi connectivity index (χ4n) is 1.82. The molecule has 0 radical (unpaired) electrons. The van der Waals surface area contributed by atoms with E-state index in [9.17, 15) is 5.11 Å². The van der Waals surface area contributed by atoms with Crippen molar-refractivity contribution >= 4 is 11.4 Å². The number of nitrogens with two attached hydrogens (primary N) is 1. The largest absolute Gasteiger partial charge is 0.497 e. The Hall–Kier alpha value is -2.20. The van der Waals surface area contributed by atoms with Crippen LogP contribution in [-0.4, -0.2) is 18.8 Å². The van der Waals surface area contributed by atoms with Crippen LogP contribution < -0.4 is 15.8 Å². The lowest BCUT2D eigenvalue weighted by Crippen LogP contribution is -2.13. The maximum absolute atomic E-state index is 10.1. The average Bonchev–Trinajstić information content (AvgIpc) is 2.47. The van der Waals surface area contributed by atoms with E-state index in [0.29, 0.717) is 12.2 Å². The molecule has 0 saturated heterocycles. The highest BCUT2D eigenvalue weighted by atomic mass is 16.5. The van der Waals surface area contributed by atoms with Gasteiger partial charge >= 0.3 is 0 Å². The molecule has 4 nitrogen and oxygen atoms in total. The van der Waals surface area contributed by atoms with E-state index in [0.717, 1.165) is 17.0 Å². The van der Waals surface area contributed by atoms with Crippen molar-refractivity contribution in [2.24, 2.45) is 0 Å². The number of anilines is 2. The van der Waals surface area contributed by atoms with Gasteiger partial charge in [0.2, 0.25) is 0 Å². The van der Waals surface area contributed by atoms with Crippen molar-refractivity contribution in [2.45, 2.75) is 6.10 Å². The molecule has 19 heavy (non-hydrogen) atoms. The van der Waals surface area contributed by atoms with Crippen molar-refractivity contribution < 1.29 is 9.84 Å². The number of nitrogen functional groups attached to an aromatic ring is 1. The molecule has 4 N–H and O–H groups in total. The number of rotatable bonds is 5. The van der Waals surface area contributed by atoms with Crippen LogP contribution in [-0.2, 0) is 0 Å². The summed E-state index contributed by atoms with van der Waals surface area (Å²) in [4.78, 5) is 0. The smallest absolute Gasteiger partial charge is 0.121 e. The summed E-state index contributed by atoms with van der Waals surface area (Å²) in [5.74, 6) is 0.728. The van der Waals surface area contributed by atoms with E-state index in [4.69, 9.17) is 10.5 Å². The highest BCUT2D eigenvalue weighted by Gasteiger charge is 2.08. The predicted molar refractivity (Wildman–Crippen MR) is 77.3 cm³/mol. The Bertz CT molecular complexity index is 529. The molecule has 0 fully saturated rings. The van der Waals surface area contributed by atoms with E-state index in [2.05, 4.69) is 5.32 Å². The van der Waals surface area contributed by atoms with Crippen LogP contribution >= 0.6 is 0 Å². The SMILES string of the molecule is COc1ccc(N)c(NCC(O)c2ccccc2)c1. The zero-order chi connectivity index (χ0) is 13.7. The second-order valence-electron chi connectivity index (χ2n) is 4.26. The molecule has 0 saturated carbocycles. The Morgan fingerprint density at radius 1 is 1.21 bits per heavy atom. The van der Waals surface area contributed by atoms with Gasteiger partial charge in [-0.05, 0) is 17.7 Å². The summed E-state index contributed by atoms with van der Waals surface area (Å²) >= 11 is 0. The minimum absolute atomic E-state index is 0.390. The van der Waals surface area contributed by atoms with Crippen molar-refractivity contribution in [1.82, 2.24) is 0 Å². The van der Waals surface area contributed by atoms with Crippen molar-refractivity contribution in [3.8, 4) is 5.75 Å². The molecule has 2 rings (SSSR count). The van der Waals surface area contributed by atoms with Crippen molar-refractivity contribution in [3.63, 3.8) is 0 Å². The van der Waals surface area contributed by atoms with Crippen LogP contribution in [0.4, 0.5) is 11.4 Å². The lowest BCUT2D eigenvalue weighted by Gasteiger charge is -2.15. The first-order valence-electron chi connectivity index (χ1n) is 6.11. The summed E-state index contributed by atoms with van der Waals surface area (Å²) in [7, 11) is 1.61. The molecule has 2 aromatic carbocycles. The molecule has 0 bridgehead atoms. The highest BCUT2D eigenvalue weighted by Crippen LogP contribution is 2.25. The van der Waals surface area contributed by atoms with Gasteiger partial charge in [-0.25, -0.2) is 0 Å². The van der Waals surface area contributed by atoms with Gasteiger partial charge in [-0.1, -0.05) is 30.3 Å². The van der Waals surface area contributed by atoms with Crippen LogP contribution in [0.25, 0.3) is 0 Å². The van der Waals surface area contributed by atoms with Gasteiger partial charge in [0.05, 0.1) is 24.6 Å². The molecule has 100 valence electrons. The van der Waals surface area contributed by atoms with Crippen molar-refractivity contribution in [2.75, 3.05) is 24.7 Å². The molecule has 4 heteroatoms. The fraction of sp³-hybridized carbons (Fsp3) is 0.200. The van der Waals surface area contributed by atoms with Gasteiger partial charge in [0, 0.05) is 12.6 Å². The number of aliphatic hydroxyl groups excluding tert-OH is 1. The zero-order valence-electron chi connectivity index (χ0n) is 10.8. The van der Waals surface area contributed by atoms with Gasteiger partial charge in [0.1, 0.15) is 5.75 Å². The van der Waals surface area contributed by atoms with Crippen LogP contribution in [0, 0.1) is 0 Å². The predicted octanol–water partition coefficient (Wildman–Crippen LogP) is 2.42. The molecule has 2 aromatic rings. The second kappa shape index (κ2) is 6.11. The normalized spacial score (nSPS) is 11.9. The first kappa shape index (κ1) is 13.2. The molecule has 0 amide bonds. The summed E-state index contributed by atoms with van der Waals surface area (Å²) in [6, 6.07) is 14.9. The van der Waals surface area contributed by atoms with Gasteiger partial charge in [-0.15, -0.1) is 0 Å². The number of methoxy groups -OCH3 is 1. The lowest BCUT2D eigenvalue weighted by atomic mass is 10.1. The molecular formula is C15H18N2O2. The number of hydrogen-bond acceptors (Lipinski definition) is 4. The summed E-state index contributed by atoms with van der Waals surface area (Å²) in [6.07, 6.45) is -0.577. The Morgan fingerprint density at radius 3 is 2.63 bits per heavy atom. The summed E-state index contributed by atoms with van der Waals surface area (Å²) in [6.45, 7) is 0.390. The highest BCUT2D eigenvalue weighted by molar-refractivity contribution is 5.68. The Balaban J connectivity index is 2.02. The molecule has 0 aliphatic rings. The third kappa shape index (κ3) is 3.39. The van der Waals surface area contributed by atoms with E-state index in [1.54, 1.807) is 19.2 Å². The molecule has 0 spiro atoms.